The number of H-pyrrole nitrogens is 1. The molecule has 2 heterocycles. The number of rotatable bonds is 10. The van der Waals surface area contributed by atoms with Crippen molar-refractivity contribution >= 4 is 29.0 Å². The summed E-state index contributed by atoms with van der Waals surface area (Å²) >= 11 is 5.34. The van der Waals surface area contributed by atoms with Crippen LogP contribution in [0.5, 0.6) is 11.5 Å². The molecule has 0 radical (unpaired) electrons. The Bertz CT molecular complexity index is 985. The molecule has 29 heavy (non-hydrogen) atoms. The summed E-state index contributed by atoms with van der Waals surface area (Å²) in [5.41, 5.74) is 0.427. The lowest BCUT2D eigenvalue weighted by Crippen LogP contribution is -3.09. The molecule has 1 amide bonds. The van der Waals surface area contributed by atoms with Gasteiger partial charge in [0.05, 0.1) is 37.6 Å². The smallest absolute Gasteiger partial charge is 0.262 e. The van der Waals surface area contributed by atoms with Crippen molar-refractivity contribution in [3.05, 3.63) is 27.3 Å². The molecule has 0 aliphatic carbocycles. The highest BCUT2D eigenvalue weighted by Gasteiger charge is 2.17. The highest BCUT2D eigenvalue weighted by Crippen LogP contribution is 2.34. The molecule has 1 aromatic carbocycles. The third-order valence-corrected chi connectivity index (χ3v) is 5.41. The second-order valence-corrected chi connectivity index (χ2v) is 7.79. The van der Waals surface area contributed by atoms with Gasteiger partial charge in [0.2, 0.25) is 12.7 Å². The van der Waals surface area contributed by atoms with Gasteiger partial charge in [-0.15, -0.1) is 0 Å². The molecule has 0 spiro atoms. The van der Waals surface area contributed by atoms with Gasteiger partial charge in [0.15, 0.2) is 16.3 Å². The Morgan fingerprint density at radius 2 is 2.03 bits per heavy atom. The van der Waals surface area contributed by atoms with E-state index in [9.17, 15) is 9.59 Å². The molecule has 9 heteroatoms. The van der Waals surface area contributed by atoms with Crippen LogP contribution >= 0.6 is 12.2 Å². The van der Waals surface area contributed by atoms with E-state index in [2.05, 4.69) is 24.3 Å². The lowest BCUT2D eigenvalue weighted by molar-refractivity contribution is -0.878. The van der Waals surface area contributed by atoms with Crippen molar-refractivity contribution in [1.29, 1.82) is 0 Å². The summed E-state index contributed by atoms with van der Waals surface area (Å²) in [6.07, 6.45) is 3.28. The first-order valence-electron chi connectivity index (χ1n) is 10.1. The minimum atomic E-state index is -0.191. The average Bonchev–Trinajstić information content (AvgIpc) is 3.15. The fourth-order valence-corrected chi connectivity index (χ4v) is 3.63. The molecule has 158 valence electrons. The number of nitrogens with one attached hydrogen (secondary N) is 3. The van der Waals surface area contributed by atoms with Crippen LogP contribution in [-0.4, -0.2) is 48.9 Å². The Balaban J connectivity index is 1.54. The number of benzene rings is 1. The third-order valence-electron chi connectivity index (χ3n) is 5.09. The molecular formula is C20H29N4O4S+. The van der Waals surface area contributed by atoms with Crippen molar-refractivity contribution in [2.45, 2.75) is 39.2 Å². The van der Waals surface area contributed by atoms with Crippen LogP contribution in [-0.2, 0) is 11.3 Å². The number of aromatic nitrogens is 2. The Morgan fingerprint density at radius 1 is 1.28 bits per heavy atom. The predicted molar refractivity (Wildman–Crippen MR) is 113 cm³/mol. The maximum Gasteiger partial charge on any atom is 0.262 e. The summed E-state index contributed by atoms with van der Waals surface area (Å²) in [5, 5.41) is 3.44. The summed E-state index contributed by atoms with van der Waals surface area (Å²) in [4.78, 5) is 29.4. The van der Waals surface area contributed by atoms with E-state index in [1.807, 2.05) is 0 Å². The molecule has 1 unspecified atom stereocenters. The van der Waals surface area contributed by atoms with E-state index in [0.29, 0.717) is 53.1 Å². The largest absolute Gasteiger partial charge is 0.454 e. The zero-order chi connectivity index (χ0) is 20.8. The van der Waals surface area contributed by atoms with Gasteiger partial charge in [0.1, 0.15) is 0 Å². The first kappa shape index (κ1) is 21.3. The van der Waals surface area contributed by atoms with Crippen LogP contribution in [0.25, 0.3) is 10.9 Å². The summed E-state index contributed by atoms with van der Waals surface area (Å²) in [6.45, 7) is 5.40. The van der Waals surface area contributed by atoms with Crippen molar-refractivity contribution < 1.29 is 19.2 Å². The summed E-state index contributed by atoms with van der Waals surface area (Å²) in [6, 6.07) is 3.40. The minimum absolute atomic E-state index is 0.000367. The average molecular weight is 422 g/mol. The van der Waals surface area contributed by atoms with Crippen LogP contribution in [0.2, 0.25) is 0 Å². The van der Waals surface area contributed by atoms with Crippen LogP contribution in [0.4, 0.5) is 0 Å². The number of hydrogen-bond donors (Lipinski definition) is 3. The third kappa shape index (κ3) is 5.36. The Hall–Kier alpha value is -2.39. The van der Waals surface area contributed by atoms with E-state index in [0.717, 1.165) is 13.1 Å². The Morgan fingerprint density at radius 3 is 2.79 bits per heavy atom. The highest BCUT2D eigenvalue weighted by molar-refractivity contribution is 7.71. The van der Waals surface area contributed by atoms with Crippen LogP contribution in [0.1, 0.15) is 32.6 Å². The van der Waals surface area contributed by atoms with Crippen LogP contribution in [0.15, 0.2) is 16.9 Å². The number of aromatic amines is 1. The second kappa shape index (κ2) is 9.89. The van der Waals surface area contributed by atoms with Gasteiger partial charge in [-0.3, -0.25) is 14.2 Å². The number of nitrogens with zero attached hydrogens (tertiary/aromatic N) is 1. The normalized spacial score (nSPS) is 13.6. The fraction of sp³-hybridized carbons (Fsp3) is 0.550. The molecule has 1 atom stereocenters. The maximum atomic E-state index is 12.8. The molecule has 3 N–H and O–H groups in total. The van der Waals surface area contributed by atoms with Crippen molar-refractivity contribution in [2.75, 3.05) is 33.5 Å². The molecule has 3 rings (SSSR count). The first-order valence-corrected chi connectivity index (χ1v) is 10.5. The predicted octanol–water partition coefficient (Wildman–Crippen LogP) is 0.999. The van der Waals surface area contributed by atoms with Gasteiger partial charge in [0.25, 0.3) is 5.56 Å². The van der Waals surface area contributed by atoms with Gasteiger partial charge in [0, 0.05) is 19.0 Å². The maximum absolute atomic E-state index is 12.8. The highest BCUT2D eigenvalue weighted by atomic mass is 32.1. The van der Waals surface area contributed by atoms with E-state index >= 15 is 0 Å². The quantitative estimate of drug-likeness (QED) is 0.498. The lowest BCUT2D eigenvalue weighted by atomic mass is 10.2. The topological polar surface area (TPSA) is 89.8 Å². The molecular weight excluding hydrogens is 392 g/mol. The summed E-state index contributed by atoms with van der Waals surface area (Å²) < 4.78 is 12.5. The van der Waals surface area contributed by atoms with Gasteiger partial charge in [-0.1, -0.05) is 13.3 Å². The van der Waals surface area contributed by atoms with Gasteiger partial charge in [-0.25, -0.2) is 0 Å². The molecule has 0 fully saturated rings. The SMILES string of the molecule is CCCC[NH+](C)CCNC(=O)CCCn1c(=S)[nH]c2cc3c(cc2c1=O)OCO3. The number of amides is 1. The van der Waals surface area contributed by atoms with Crippen LogP contribution in [0, 0.1) is 4.77 Å². The number of unbranched alkanes of at least 4 members (excludes halogenated alkanes) is 1. The molecule has 8 nitrogen and oxygen atoms in total. The number of ether oxygens (including phenoxy) is 2. The molecule has 1 aliphatic heterocycles. The number of hydrogen-bond acceptors (Lipinski definition) is 5. The van der Waals surface area contributed by atoms with Gasteiger partial charge in [-0.05, 0) is 31.1 Å². The van der Waals surface area contributed by atoms with E-state index < -0.39 is 0 Å². The van der Waals surface area contributed by atoms with E-state index in [-0.39, 0.29) is 18.3 Å². The molecule has 1 aliphatic rings. The molecule has 0 saturated heterocycles. The van der Waals surface area contributed by atoms with E-state index in [4.69, 9.17) is 21.7 Å². The Kier molecular flexibility index (Phi) is 7.27. The minimum Gasteiger partial charge on any atom is -0.454 e. The monoisotopic (exact) mass is 421 g/mol. The van der Waals surface area contributed by atoms with Crippen LogP contribution in [0.3, 0.4) is 0 Å². The number of fused-ring (bicyclic) bond motifs is 2. The fourth-order valence-electron chi connectivity index (χ4n) is 3.35. The van der Waals surface area contributed by atoms with Crippen molar-refractivity contribution in [2.24, 2.45) is 0 Å². The molecule has 0 bridgehead atoms. The standard InChI is InChI=1S/C20H28N4O4S/c1-3-4-8-23(2)10-7-21-18(25)6-5-9-24-19(26)14-11-16-17(28-13-27-16)12-15(14)22-20(24)29/h11-12H,3-10,13H2,1-2H3,(H,21,25)(H,22,29)/p+1. The Labute approximate surface area is 174 Å². The van der Waals surface area contributed by atoms with Gasteiger partial charge in [-0.2, -0.15) is 0 Å². The van der Waals surface area contributed by atoms with Crippen molar-refractivity contribution in [3.63, 3.8) is 0 Å². The molecule has 1 aromatic heterocycles. The van der Waals surface area contributed by atoms with Crippen LogP contribution < -0.4 is 25.2 Å². The summed E-state index contributed by atoms with van der Waals surface area (Å²) in [7, 11) is 2.14. The van der Waals surface area contributed by atoms with E-state index in [1.165, 1.54) is 22.3 Å². The first-order chi connectivity index (χ1) is 14.0. The number of carbonyl (C=O) groups is 1. The molecule has 2 aromatic rings. The van der Waals surface area contributed by atoms with E-state index in [1.54, 1.807) is 12.1 Å². The van der Waals surface area contributed by atoms with Gasteiger partial charge >= 0.3 is 0 Å². The number of likely N-dealkylation sites (N-methyl/N-ethyl adjacent to an activating group) is 1. The number of carbonyl (C=O) groups excluding carboxylic acids is 1. The van der Waals surface area contributed by atoms with Gasteiger partial charge < -0.3 is 24.7 Å². The summed E-state index contributed by atoms with van der Waals surface area (Å²) in [5.74, 6) is 1.15. The zero-order valence-corrected chi connectivity index (χ0v) is 17.8. The zero-order valence-electron chi connectivity index (χ0n) is 17.0. The number of quaternary nitrogens is 1. The second-order valence-electron chi connectivity index (χ2n) is 7.40. The lowest BCUT2D eigenvalue weighted by Gasteiger charge is -2.14. The van der Waals surface area contributed by atoms with Crippen molar-refractivity contribution in [3.8, 4) is 11.5 Å². The molecule has 0 saturated carbocycles. The van der Waals surface area contributed by atoms with Crippen molar-refractivity contribution in [1.82, 2.24) is 14.9 Å².